The molecular formula is C31H54N7O17P3S. The van der Waals surface area contributed by atoms with Crippen LogP contribution in [-0.4, -0.2) is 123 Å². The van der Waals surface area contributed by atoms with Gasteiger partial charge in [0.1, 0.15) is 36.3 Å². The fraction of sp³-hybridized carbons (Fsp3) is 0.742. The van der Waals surface area contributed by atoms with Crippen molar-refractivity contribution in [3.63, 3.8) is 0 Å². The lowest BCUT2D eigenvalue weighted by molar-refractivity contribution is -0.137. The number of rotatable bonds is 26. The Labute approximate surface area is 344 Å². The summed E-state index contributed by atoms with van der Waals surface area (Å²) < 4.78 is 62.2. The first kappa shape index (κ1) is 50.9. The van der Waals surface area contributed by atoms with E-state index in [0.29, 0.717) is 18.1 Å². The molecule has 10 N–H and O–H groups in total. The number of aliphatic hydroxyl groups excluding tert-OH is 2. The molecule has 3 heterocycles. The first-order chi connectivity index (χ1) is 27.4. The highest BCUT2D eigenvalue weighted by molar-refractivity contribution is 8.13. The lowest BCUT2D eigenvalue weighted by Gasteiger charge is -2.30. The van der Waals surface area contributed by atoms with Crippen molar-refractivity contribution in [2.45, 2.75) is 103 Å². The van der Waals surface area contributed by atoms with Crippen LogP contribution in [0, 0.1) is 11.3 Å². The molecular weight excluding hydrogens is 867 g/mol. The van der Waals surface area contributed by atoms with Crippen LogP contribution in [0.25, 0.3) is 11.2 Å². The second kappa shape index (κ2) is 22.6. The molecule has 59 heavy (non-hydrogen) atoms. The first-order valence-electron chi connectivity index (χ1n) is 18.5. The van der Waals surface area contributed by atoms with Gasteiger partial charge in [0.2, 0.25) is 11.8 Å². The summed E-state index contributed by atoms with van der Waals surface area (Å²) in [4.78, 5) is 87.9. The zero-order chi connectivity index (χ0) is 44.2. The van der Waals surface area contributed by atoms with Crippen molar-refractivity contribution in [2.75, 3.05) is 37.8 Å². The molecule has 0 saturated carbocycles. The van der Waals surface area contributed by atoms with Crippen molar-refractivity contribution < 1.29 is 80.5 Å². The van der Waals surface area contributed by atoms with Gasteiger partial charge >= 0.3 is 23.5 Å². The number of phosphoric acid groups is 3. The number of nitrogens with two attached hydrogens (primary N) is 1. The number of ether oxygens (including phenoxy) is 1. The number of nitrogens with zero attached hydrogens (tertiary/aromatic N) is 4. The van der Waals surface area contributed by atoms with Crippen LogP contribution in [0.4, 0.5) is 5.82 Å². The van der Waals surface area contributed by atoms with Crippen molar-refractivity contribution in [3.8, 4) is 0 Å². The maximum Gasteiger partial charge on any atom is 0.481 e. The Bertz CT molecular complexity index is 1870. The number of thioether (sulfide) groups is 1. The van der Waals surface area contributed by atoms with Crippen LogP contribution in [0.2, 0.25) is 0 Å². The standard InChI is InChI=1S/C31H54N7O17P3S/c1-5-8-19(2)9-6-7-10-22(40)59-14-13-33-21(39)11-12-34-29(43)26(42)31(3,4)16-52-58(49,50)55-57(47,48)51-15-20-25(54-56(44,45)46)24(41)30(53-20)38-18-37-23-27(32)35-17-36-28(23)38/h17-20,24-26,30,41-42H,5-16H2,1-4H3,(H,33,39)(H,34,43)(H,47,48)(H,49,50)(H2,32,35,36)(H2,44,45,46). The van der Waals surface area contributed by atoms with Gasteiger partial charge < -0.3 is 50.9 Å². The second-order valence-electron chi connectivity index (χ2n) is 14.4. The number of nitrogens with one attached hydrogen (secondary N) is 2. The summed E-state index contributed by atoms with van der Waals surface area (Å²) in [5, 5.41) is 26.5. The third-order valence-corrected chi connectivity index (χ3v) is 12.9. The van der Waals surface area contributed by atoms with E-state index in [2.05, 4.69) is 48.3 Å². The minimum absolute atomic E-state index is 0.0325. The van der Waals surface area contributed by atoms with Crippen LogP contribution in [0.1, 0.15) is 78.9 Å². The van der Waals surface area contributed by atoms with Gasteiger partial charge in [0, 0.05) is 37.1 Å². The Morgan fingerprint density at radius 2 is 1.71 bits per heavy atom. The largest absolute Gasteiger partial charge is 0.481 e. The lowest BCUT2D eigenvalue weighted by atomic mass is 9.87. The molecule has 1 aliphatic heterocycles. The molecule has 0 bridgehead atoms. The van der Waals surface area contributed by atoms with Gasteiger partial charge in [-0.3, -0.25) is 32.5 Å². The van der Waals surface area contributed by atoms with Gasteiger partial charge in [0.15, 0.2) is 22.8 Å². The van der Waals surface area contributed by atoms with Gasteiger partial charge in [0.25, 0.3) is 0 Å². The molecule has 0 aliphatic carbocycles. The van der Waals surface area contributed by atoms with Crippen LogP contribution in [0.3, 0.4) is 0 Å². The predicted octanol–water partition coefficient (Wildman–Crippen LogP) is 1.66. The number of fused-ring (bicyclic) bond motifs is 1. The maximum absolute atomic E-state index is 12.7. The van der Waals surface area contributed by atoms with E-state index in [1.165, 1.54) is 20.3 Å². The third kappa shape index (κ3) is 16.7. The average Bonchev–Trinajstić information content (AvgIpc) is 3.70. The molecule has 2 amide bonds. The topological polar surface area (TPSA) is 364 Å². The number of hydrogen-bond donors (Lipinski definition) is 9. The number of carbonyl (C=O) groups excluding carboxylic acids is 3. The number of imidazole rings is 1. The van der Waals surface area contributed by atoms with E-state index >= 15 is 0 Å². The van der Waals surface area contributed by atoms with Gasteiger partial charge in [-0.25, -0.2) is 28.6 Å². The molecule has 0 radical (unpaired) electrons. The van der Waals surface area contributed by atoms with Crippen LogP contribution in [0.5, 0.6) is 0 Å². The zero-order valence-electron chi connectivity index (χ0n) is 32.9. The molecule has 0 aromatic carbocycles. The molecule has 2 aromatic heterocycles. The zero-order valence-corrected chi connectivity index (χ0v) is 36.4. The minimum atomic E-state index is -5.57. The fourth-order valence-corrected chi connectivity index (χ4v) is 9.32. The monoisotopic (exact) mass is 921 g/mol. The summed E-state index contributed by atoms with van der Waals surface area (Å²) in [6.45, 7) is 4.91. The van der Waals surface area contributed by atoms with Crippen molar-refractivity contribution in [1.29, 1.82) is 0 Å². The van der Waals surface area contributed by atoms with E-state index in [4.69, 9.17) is 19.5 Å². The number of unbranched alkanes of at least 4 members (excludes halogenated alkanes) is 1. The second-order valence-corrected chi connectivity index (χ2v) is 19.8. The van der Waals surface area contributed by atoms with E-state index in [1.807, 2.05) is 0 Å². The predicted molar refractivity (Wildman–Crippen MR) is 210 cm³/mol. The molecule has 3 rings (SSSR count). The molecule has 0 spiro atoms. The molecule has 28 heteroatoms. The molecule has 1 aliphatic rings. The number of amides is 2. The van der Waals surface area contributed by atoms with Gasteiger partial charge in [-0.2, -0.15) is 4.31 Å². The smallest absolute Gasteiger partial charge is 0.386 e. The van der Waals surface area contributed by atoms with Gasteiger partial charge in [-0.05, 0) is 12.3 Å². The van der Waals surface area contributed by atoms with E-state index in [0.717, 1.165) is 54.7 Å². The molecule has 8 unspecified atom stereocenters. The van der Waals surface area contributed by atoms with Crippen LogP contribution >= 0.6 is 35.2 Å². The number of anilines is 1. The molecule has 336 valence electrons. The van der Waals surface area contributed by atoms with E-state index in [1.54, 1.807) is 0 Å². The number of carbonyl (C=O) groups is 3. The summed E-state index contributed by atoms with van der Waals surface area (Å²) in [5.74, 6) is -0.390. The van der Waals surface area contributed by atoms with Crippen LogP contribution in [-0.2, 0) is 50.7 Å². The normalized spacial score (nSPS) is 21.7. The number of nitrogen functional groups attached to an aromatic ring is 1. The summed E-state index contributed by atoms with van der Waals surface area (Å²) in [5.41, 5.74) is 4.28. The Morgan fingerprint density at radius 3 is 2.39 bits per heavy atom. The number of aromatic nitrogens is 4. The SMILES string of the molecule is CCCC(C)CCCCC(=O)SCCNC(=O)CCNC(=O)C(O)C(C)(C)COP(=O)(O)OP(=O)(O)OCC1OC(n2cnc3c(N)ncnc32)C(O)C1OP(=O)(O)O. The van der Waals surface area contributed by atoms with Crippen LogP contribution in [0.15, 0.2) is 12.7 Å². The van der Waals surface area contributed by atoms with Crippen molar-refractivity contribution >= 4 is 69.1 Å². The Balaban J connectivity index is 1.43. The Hall–Kier alpha value is -2.44. The maximum atomic E-state index is 12.7. The van der Waals surface area contributed by atoms with Gasteiger partial charge in [-0.15, -0.1) is 0 Å². The number of phosphoric ester groups is 3. The summed E-state index contributed by atoms with van der Waals surface area (Å²) >= 11 is 1.14. The molecule has 24 nitrogen and oxygen atoms in total. The Kier molecular flexibility index (Phi) is 19.5. The van der Waals surface area contributed by atoms with Crippen LogP contribution < -0.4 is 16.4 Å². The molecule has 1 fully saturated rings. The van der Waals surface area contributed by atoms with Crippen molar-refractivity contribution in [2.24, 2.45) is 11.3 Å². The quantitative estimate of drug-likeness (QED) is 0.0478. The van der Waals surface area contributed by atoms with Gasteiger partial charge in [0.05, 0.1) is 19.5 Å². The van der Waals surface area contributed by atoms with E-state index in [9.17, 15) is 57.9 Å². The Morgan fingerprint density at radius 1 is 1.02 bits per heavy atom. The fourth-order valence-electron chi connectivity index (χ4n) is 5.77. The molecule has 8 atom stereocenters. The van der Waals surface area contributed by atoms with Crippen molar-refractivity contribution in [3.05, 3.63) is 12.7 Å². The average molecular weight is 922 g/mol. The molecule has 1 saturated heterocycles. The highest BCUT2D eigenvalue weighted by Crippen LogP contribution is 2.61. The number of hydrogen-bond acceptors (Lipinski definition) is 18. The minimum Gasteiger partial charge on any atom is -0.386 e. The highest BCUT2D eigenvalue weighted by Gasteiger charge is 2.50. The number of aliphatic hydroxyl groups is 2. The first-order valence-corrected chi connectivity index (χ1v) is 24.0. The third-order valence-electron chi connectivity index (χ3n) is 8.87. The molecule has 2 aromatic rings. The summed E-state index contributed by atoms with van der Waals surface area (Å²) in [6, 6.07) is 0. The van der Waals surface area contributed by atoms with E-state index in [-0.39, 0.29) is 41.6 Å². The summed E-state index contributed by atoms with van der Waals surface area (Å²) in [6.07, 6.45) is -1.19. The van der Waals surface area contributed by atoms with E-state index < -0.39 is 84.6 Å². The summed E-state index contributed by atoms with van der Waals surface area (Å²) in [7, 11) is -16.4. The van der Waals surface area contributed by atoms with Gasteiger partial charge in [-0.1, -0.05) is 65.1 Å². The lowest BCUT2D eigenvalue weighted by Crippen LogP contribution is -2.46. The van der Waals surface area contributed by atoms with Crippen molar-refractivity contribution in [1.82, 2.24) is 30.2 Å². The highest BCUT2D eigenvalue weighted by atomic mass is 32.2.